The maximum atomic E-state index is 4.62. The van der Waals surface area contributed by atoms with Crippen molar-refractivity contribution in [3.63, 3.8) is 0 Å². The molecule has 1 aromatic rings. The Kier molecular flexibility index (Phi) is 7.34. The first kappa shape index (κ1) is 14.9. The molecular weight excluding hydrogens is 224 g/mol. The van der Waals surface area contributed by atoms with Gasteiger partial charge in [-0.2, -0.15) is 0 Å². The molecule has 0 aliphatic heterocycles. The Morgan fingerprint density at radius 1 is 1.17 bits per heavy atom. The Morgan fingerprint density at radius 3 is 2.72 bits per heavy atom. The van der Waals surface area contributed by atoms with Crippen molar-refractivity contribution in [2.75, 3.05) is 25.0 Å². The minimum Gasteiger partial charge on any atom is -0.358 e. The molecule has 0 fully saturated rings. The predicted molar refractivity (Wildman–Crippen MR) is 76.8 cm³/mol. The van der Waals surface area contributed by atoms with Crippen molar-refractivity contribution in [2.45, 2.75) is 46.1 Å². The molecule has 1 N–H and O–H groups in total. The molecule has 0 saturated heterocycles. The lowest BCUT2D eigenvalue weighted by Crippen LogP contribution is -2.21. The first-order valence-corrected chi connectivity index (χ1v) is 7.00. The van der Waals surface area contributed by atoms with E-state index in [4.69, 9.17) is 0 Å². The Morgan fingerprint density at radius 2 is 2.00 bits per heavy atom. The SMILES string of the molecule is CCCCCN(C)c1cncc(CNCCC)n1. The van der Waals surface area contributed by atoms with Gasteiger partial charge in [-0.15, -0.1) is 0 Å². The summed E-state index contributed by atoms with van der Waals surface area (Å²) in [5.41, 5.74) is 1.02. The normalized spacial score (nSPS) is 10.6. The van der Waals surface area contributed by atoms with Gasteiger partial charge in [0, 0.05) is 26.3 Å². The topological polar surface area (TPSA) is 41.1 Å². The third-order valence-electron chi connectivity index (χ3n) is 2.89. The average Bonchev–Trinajstić information content (AvgIpc) is 2.39. The minimum absolute atomic E-state index is 0.803. The molecule has 1 heterocycles. The van der Waals surface area contributed by atoms with E-state index in [1.54, 1.807) is 0 Å². The second-order valence-corrected chi connectivity index (χ2v) is 4.67. The van der Waals surface area contributed by atoms with Crippen molar-refractivity contribution in [1.82, 2.24) is 15.3 Å². The summed E-state index contributed by atoms with van der Waals surface area (Å²) in [4.78, 5) is 11.1. The van der Waals surface area contributed by atoms with Crippen LogP contribution in [-0.4, -0.2) is 30.1 Å². The summed E-state index contributed by atoms with van der Waals surface area (Å²) >= 11 is 0. The van der Waals surface area contributed by atoms with Gasteiger partial charge in [0.2, 0.25) is 0 Å². The molecule has 0 spiro atoms. The number of hydrogen-bond acceptors (Lipinski definition) is 4. The van der Waals surface area contributed by atoms with Gasteiger partial charge in [0.25, 0.3) is 0 Å². The molecule has 0 amide bonds. The summed E-state index contributed by atoms with van der Waals surface area (Å²) in [5.74, 6) is 0.974. The summed E-state index contributed by atoms with van der Waals surface area (Å²) in [7, 11) is 2.09. The highest BCUT2D eigenvalue weighted by molar-refractivity contribution is 5.34. The fourth-order valence-electron chi connectivity index (χ4n) is 1.77. The fraction of sp³-hybridized carbons (Fsp3) is 0.714. The highest BCUT2D eigenvalue weighted by Gasteiger charge is 2.03. The number of nitrogens with one attached hydrogen (secondary N) is 1. The fourth-order valence-corrected chi connectivity index (χ4v) is 1.77. The van der Waals surface area contributed by atoms with Gasteiger partial charge in [0.1, 0.15) is 5.82 Å². The lowest BCUT2D eigenvalue weighted by molar-refractivity contribution is 0.658. The third kappa shape index (κ3) is 5.45. The molecule has 0 aliphatic carbocycles. The first-order valence-electron chi connectivity index (χ1n) is 7.00. The second-order valence-electron chi connectivity index (χ2n) is 4.67. The number of nitrogens with zero attached hydrogens (tertiary/aromatic N) is 3. The van der Waals surface area contributed by atoms with E-state index in [-0.39, 0.29) is 0 Å². The molecule has 1 rings (SSSR count). The Bertz CT molecular complexity index is 327. The van der Waals surface area contributed by atoms with Crippen LogP contribution in [0.4, 0.5) is 5.82 Å². The lowest BCUT2D eigenvalue weighted by atomic mass is 10.2. The molecule has 0 bridgehead atoms. The van der Waals surface area contributed by atoms with Gasteiger partial charge < -0.3 is 10.2 Å². The number of anilines is 1. The van der Waals surface area contributed by atoms with E-state index in [9.17, 15) is 0 Å². The lowest BCUT2D eigenvalue weighted by Gasteiger charge is -2.18. The Labute approximate surface area is 111 Å². The zero-order valence-electron chi connectivity index (χ0n) is 11.9. The molecule has 0 saturated carbocycles. The van der Waals surface area contributed by atoms with Crippen LogP contribution < -0.4 is 10.2 Å². The van der Waals surface area contributed by atoms with Gasteiger partial charge in [-0.3, -0.25) is 4.98 Å². The van der Waals surface area contributed by atoms with E-state index < -0.39 is 0 Å². The molecule has 102 valence electrons. The molecule has 0 radical (unpaired) electrons. The van der Waals surface area contributed by atoms with Gasteiger partial charge in [0.05, 0.1) is 11.9 Å². The van der Waals surface area contributed by atoms with Crippen LogP contribution >= 0.6 is 0 Å². The summed E-state index contributed by atoms with van der Waals surface area (Å²) < 4.78 is 0. The molecule has 4 heteroatoms. The van der Waals surface area contributed by atoms with Gasteiger partial charge in [0.15, 0.2) is 0 Å². The summed E-state index contributed by atoms with van der Waals surface area (Å²) in [5, 5.41) is 3.35. The van der Waals surface area contributed by atoms with Crippen LogP contribution in [0.3, 0.4) is 0 Å². The van der Waals surface area contributed by atoms with Crippen molar-refractivity contribution in [3.8, 4) is 0 Å². The van der Waals surface area contributed by atoms with E-state index in [2.05, 4.69) is 41.1 Å². The number of rotatable bonds is 9. The van der Waals surface area contributed by atoms with Crippen LogP contribution in [0.5, 0.6) is 0 Å². The largest absolute Gasteiger partial charge is 0.358 e. The zero-order valence-corrected chi connectivity index (χ0v) is 11.9. The van der Waals surface area contributed by atoms with E-state index in [0.29, 0.717) is 0 Å². The first-order chi connectivity index (χ1) is 8.77. The van der Waals surface area contributed by atoms with Crippen LogP contribution in [0.2, 0.25) is 0 Å². The molecule has 4 nitrogen and oxygen atoms in total. The summed E-state index contributed by atoms with van der Waals surface area (Å²) in [6.07, 6.45) is 8.56. The van der Waals surface area contributed by atoms with Crippen LogP contribution in [0.1, 0.15) is 45.2 Å². The van der Waals surface area contributed by atoms with E-state index in [0.717, 1.165) is 37.6 Å². The number of aromatic nitrogens is 2. The maximum absolute atomic E-state index is 4.62. The van der Waals surface area contributed by atoms with Crippen LogP contribution in [0.15, 0.2) is 12.4 Å². The van der Waals surface area contributed by atoms with E-state index >= 15 is 0 Å². The molecule has 18 heavy (non-hydrogen) atoms. The molecule has 0 aliphatic rings. The third-order valence-corrected chi connectivity index (χ3v) is 2.89. The van der Waals surface area contributed by atoms with Crippen LogP contribution in [0.25, 0.3) is 0 Å². The molecular formula is C14H26N4. The van der Waals surface area contributed by atoms with E-state index in [1.807, 2.05) is 12.4 Å². The number of unbranched alkanes of at least 4 members (excludes halogenated alkanes) is 2. The standard InChI is InChI=1S/C14H26N4/c1-4-6-7-9-18(3)14-12-16-11-13(17-14)10-15-8-5-2/h11-12,15H,4-10H2,1-3H3. The van der Waals surface area contributed by atoms with Crippen molar-refractivity contribution in [1.29, 1.82) is 0 Å². The van der Waals surface area contributed by atoms with Gasteiger partial charge in [-0.05, 0) is 19.4 Å². The number of hydrogen-bond donors (Lipinski definition) is 1. The van der Waals surface area contributed by atoms with Crippen LogP contribution in [0, 0.1) is 0 Å². The van der Waals surface area contributed by atoms with E-state index in [1.165, 1.54) is 19.3 Å². The smallest absolute Gasteiger partial charge is 0.147 e. The molecule has 0 unspecified atom stereocenters. The summed E-state index contributed by atoms with van der Waals surface area (Å²) in [6.45, 7) is 7.26. The van der Waals surface area contributed by atoms with Gasteiger partial charge in [-0.1, -0.05) is 26.7 Å². The average molecular weight is 250 g/mol. The van der Waals surface area contributed by atoms with Crippen molar-refractivity contribution < 1.29 is 0 Å². The Hall–Kier alpha value is -1.16. The second kappa shape index (κ2) is 8.86. The highest BCUT2D eigenvalue weighted by Crippen LogP contribution is 2.09. The van der Waals surface area contributed by atoms with Gasteiger partial charge in [-0.25, -0.2) is 4.98 Å². The molecule has 0 atom stereocenters. The molecule has 0 aromatic carbocycles. The summed E-state index contributed by atoms with van der Waals surface area (Å²) in [6, 6.07) is 0. The maximum Gasteiger partial charge on any atom is 0.147 e. The minimum atomic E-state index is 0.803. The van der Waals surface area contributed by atoms with Crippen molar-refractivity contribution in [2.24, 2.45) is 0 Å². The quantitative estimate of drug-likeness (QED) is 0.684. The monoisotopic (exact) mass is 250 g/mol. The van der Waals surface area contributed by atoms with Crippen molar-refractivity contribution >= 4 is 5.82 Å². The molecule has 1 aromatic heterocycles. The van der Waals surface area contributed by atoms with Crippen LogP contribution in [-0.2, 0) is 6.54 Å². The zero-order chi connectivity index (χ0) is 13.2. The Balaban J connectivity index is 2.47. The highest BCUT2D eigenvalue weighted by atomic mass is 15.2. The predicted octanol–water partition coefficient (Wildman–Crippen LogP) is 2.60. The van der Waals surface area contributed by atoms with Crippen molar-refractivity contribution in [3.05, 3.63) is 18.1 Å². The van der Waals surface area contributed by atoms with Gasteiger partial charge >= 0.3 is 0 Å².